The van der Waals surface area contributed by atoms with Crippen LogP contribution in [0.2, 0.25) is 0 Å². The molecule has 8 heteroatoms. The molecule has 0 spiro atoms. The smallest absolute Gasteiger partial charge is 0.261 e. The molecule has 8 nitrogen and oxygen atoms in total. The molecule has 36 heavy (non-hydrogen) atoms. The van der Waals surface area contributed by atoms with Crippen LogP contribution in [0.15, 0.2) is 71.8 Å². The molecule has 0 saturated heterocycles. The number of nitrogens with one attached hydrogen (secondary N) is 2. The second-order valence-electron chi connectivity index (χ2n) is 8.92. The largest absolute Gasteiger partial charge is 0.348 e. The van der Waals surface area contributed by atoms with Crippen LogP contribution in [-0.4, -0.2) is 26.3 Å². The van der Waals surface area contributed by atoms with Crippen LogP contribution < -0.4 is 16.2 Å². The molecule has 4 aromatic rings. The first-order valence-corrected chi connectivity index (χ1v) is 12.2. The van der Waals surface area contributed by atoms with E-state index >= 15 is 0 Å². The Morgan fingerprint density at radius 3 is 2.67 bits per heavy atom. The Morgan fingerprint density at radius 2 is 1.81 bits per heavy atom. The number of benzene rings is 2. The van der Waals surface area contributed by atoms with Crippen molar-refractivity contribution >= 4 is 28.4 Å². The number of para-hydroxylation sites is 1. The van der Waals surface area contributed by atoms with E-state index < -0.39 is 0 Å². The zero-order valence-electron chi connectivity index (χ0n) is 19.9. The third-order valence-corrected chi connectivity index (χ3v) is 6.42. The number of carbonyl (C=O) groups excluding carboxylic acids is 2. The first-order chi connectivity index (χ1) is 17.6. The third kappa shape index (κ3) is 5.02. The van der Waals surface area contributed by atoms with E-state index in [-0.39, 0.29) is 17.4 Å². The molecule has 0 saturated carbocycles. The molecule has 3 heterocycles. The fourth-order valence-corrected chi connectivity index (χ4v) is 4.50. The average Bonchev–Trinajstić information content (AvgIpc) is 2.89. The summed E-state index contributed by atoms with van der Waals surface area (Å²) < 4.78 is 1.78. The van der Waals surface area contributed by atoms with E-state index in [1.807, 2.05) is 6.07 Å². The van der Waals surface area contributed by atoms with Gasteiger partial charge in [-0.2, -0.15) is 0 Å². The van der Waals surface area contributed by atoms with E-state index in [0.29, 0.717) is 40.8 Å². The highest BCUT2D eigenvalue weighted by molar-refractivity contribution is 6.10. The molecule has 0 unspecified atom stereocenters. The number of aromatic nitrogens is 3. The third-order valence-electron chi connectivity index (χ3n) is 6.42. The lowest BCUT2D eigenvalue weighted by molar-refractivity contribution is 0.0951. The first kappa shape index (κ1) is 23.4. The summed E-state index contributed by atoms with van der Waals surface area (Å²) in [6, 6.07) is 15.5. The van der Waals surface area contributed by atoms with Crippen molar-refractivity contribution in [3.05, 3.63) is 99.9 Å². The number of anilines is 1. The highest BCUT2D eigenvalue weighted by atomic mass is 16.2. The quantitative estimate of drug-likeness (QED) is 0.447. The molecule has 5 rings (SSSR count). The minimum absolute atomic E-state index is 0.0560. The highest BCUT2D eigenvalue weighted by Crippen LogP contribution is 2.19. The summed E-state index contributed by atoms with van der Waals surface area (Å²) in [6.45, 7) is 1.00. The van der Waals surface area contributed by atoms with Gasteiger partial charge in [-0.15, -0.1) is 0 Å². The Kier molecular flexibility index (Phi) is 6.84. The maximum atomic E-state index is 13.1. The van der Waals surface area contributed by atoms with Crippen molar-refractivity contribution < 1.29 is 9.59 Å². The van der Waals surface area contributed by atoms with Gasteiger partial charge in [0.25, 0.3) is 17.4 Å². The number of rotatable bonds is 5. The predicted molar refractivity (Wildman–Crippen MR) is 138 cm³/mol. The Balaban J connectivity index is 1.37. The molecule has 182 valence electrons. The minimum Gasteiger partial charge on any atom is -0.348 e. The van der Waals surface area contributed by atoms with Crippen molar-refractivity contribution in [1.29, 1.82) is 0 Å². The topological polar surface area (TPSA) is 106 Å². The lowest BCUT2D eigenvalue weighted by atomic mass is 10.1. The van der Waals surface area contributed by atoms with E-state index in [4.69, 9.17) is 4.98 Å². The van der Waals surface area contributed by atoms with Crippen molar-refractivity contribution in [3.63, 3.8) is 0 Å². The van der Waals surface area contributed by atoms with Crippen molar-refractivity contribution in [3.8, 4) is 0 Å². The maximum Gasteiger partial charge on any atom is 0.261 e. The van der Waals surface area contributed by atoms with Gasteiger partial charge >= 0.3 is 0 Å². The first-order valence-electron chi connectivity index (χ1n) is 12.2. The Bertz CT molecular complexity index is 1480. The Hall–Kier alpha value is -4.33. The predicted octanol–water partition coefficient (Wildman–Crippen LogP) is 4.09. The van der Waals surface area contributed by atoms with E-state index in [0.717, 1.165) is 43.5 Å². The number of pyridine rings is 1. The van der Waals surface area contributed by atoms with Crippen LogP contribution in [0.4, 0.5) is 5.69 Å². The van der Waals surface area contributed by atoms with Crippen LogP contribution in [0.25, 0.3) is 10.9 Å². The Labute approximate surface area is 208 Å². The van der Waals surface area contributed by atoms with Gasteiger partial charge in [0.05, 0.1) is 22.2 Å². The van der Waals surface area contributed by atoms with Crippen LogP contribution in [-0.2, 0) is 19.5 Å². The molecular weight excluding hydrogens is 454 g/mol. The number of fused-ring (bicyclic) bond motifs is 2. The lowest BCUT2D eigenvalue weighted by Crippen LogP contribution is -2.27. The maximum absolute atomic E-state index is 13.1. The summed E-state index contributed by atoms with van der Waals surface area (Å²) in [7, 11) is 0. The second kappa shape index (κ2) is 10.5. The molecule has 2 N–H and O–H groups in total. The van der Waals surface area contributed by atoms with Crippen molar-refractivity contribution in [2.24, 2.45) is 0 Å². The van der Waals surface area contributed by atoms with Crippen LogP contribution in [0.3, 0.4) is 0 Å². The van der Waals surface area contributed by atoms with E-state index in [9.17, 15) is 14.4 Å². The number of amides is 2. The number of carbonyl (C=O) groups is 2. The van der Waals surface area contributed by atoms with E-state index in [2.05, 4.69) is 15.6 Å². The fourth-order valence-electron chi connectivity index (χ4n) is 4.50. The summed E-state index contributed by atoms with van der Waals surface area (Å²) >= 11 is 0. The van der Waals surface area contributed by atoms with Gasteiger partial charge in [0.1, 0.15) is 5.82 Å². The monoisotopic (exact) mass is 481 g/mol. The highest BCUT2D eigenvalue weighted by Gasteiger charge is 2.17. The van der Waals surface area contributed by atoms with Crippen molar-refractivity contribution in [2.75, 3.05) is 5.32 Å². The van der Waals surface area contributed by atoms with Crippen LogP contribution in [0.5, 0.6) is 0 Å². The second-order valence-corrected chi connectivity index (χ2v) is 8.92. The SMILES string of the molecule is O=C(Nc1ccccc1C(=O)NCc1cccnc1)c1ccc2c(=O)n3c(nc2c1)CCCCCC3. The van der Waals surface area contributed by atoms with Gasteiger partial charge in [0.2, 0.25) is 0 Å². The standard InChI is InChI=1S/C28H27N5O3/c34-26(32-23-10-5-4-9-21(23)27(35)30-18-19-8-7-14-29-17-19)20-12-13-22-24(16-20)31-25-11-3-1-2-6-15-33(25)28(22)36/h4-5,7-10,12-14,16-17H,1-3,6,11,15,18H2,(H,30,35)(H,32,34). The van der Waals surface area contributed by atoms with Gasteiger partial charge < -0.3 is 10.6 Å². The molecule has 0 aliphatic carbocycles. The summed E-state index contributed by atoms with van der Waals surface area (Å²) in [5.41, 5.74) is 2.46. The fraction of sp³-hybridized carbons (Fsp3) is 0.250. The van der Waals surface area contributed by atoms with Crippen molar-refractivity contribution in [1.82, 2.24) is 19.9 Å². The zero-order chi connectivity index (χ0) is 24.9. The molecule has 0 atom stereocenters. The number of nitrogens with zero attached hydrogens (tertiary/aromatic N) is 3. The van der Waals surface area contributed by atoms with Crippen LogP contribution >= 0.6 is 0 Å². The molecule has 2 aromatic carbocycles. The average molecular weight is 482 g/mol. The lowest BCUT2D eigenvalue weighted by Gasteiger charge is -2.16. The summed E-state index contributed by atoms with van der Waals surface area (Å²) in [6.07, 6.45) is 8.33. The number of aryl methyl sites for hydroxylation is 1. The molecule has 1 aliphatic rings. The molecule has 2 amide bonds. The molecule has 1 aliphatic heterocycles. The normalized spacial score (nSPS) is 13.3. The zero-order valence-corrected chi connectivity index (χ0v) is 19.9. The van der Waals surface area contributed by atoms with E-state index in [1.165, 1.54) is 0 Å². The Morgan fingerprint density at radius 1 is 0.944 bits per heavy atom. The minimum atomic E-state index is -0.377. The van der Waals surface area contributed by atoms with Gasteiger partial charge in [-0.1, -0.05) is 31.0 Å². The van der Waals surface area contributed by atoms with E-state index in [1.54, 1.807) is 65.5 Å². The molecule has 0 radical (unpaired) electrons. The van der Waals surface area contributed by atoms with Gasteiger partial charge in [-0.25, -0.2) is 4.98 Å². The van der Waals surface area contributed by atoms with Crippen LogP contribution in [0, 0.1) is 0 Å². The molecule has 0 fully saturated rings. The number of hydrogen-bond acceptors (Lipinski definition) is 5. The van der Waals surface area contributed by atoms with Gasteiger partial charge in [0, 0.05) is 37.5 Å². The van der Waals surface area contributed by atoms with Gasteiger partial charge in [-0.3, -0.25) is 23.9 Å². The summed E-state index contributed by atoms with van der Waals surface area (Å²) in [5, 5.41) is 6.21. The van der Waals surface area contributed by atoms with Gasteiger partial charge in [0.15, 0.2) is 0 Å². The molecule has 0 bridgehead atoms. The molecule has 2 aromatic heterocycles. The molecular formula is C28H27N5O3. The van der Waals surface area contributed by atoms with Gasteiger partial charge in [-0.05, 0) is 54.8 Å². The van der Waals surface area contributed by atoms with Crippen LogP contribution in [0.1, 0.15) is 57.8 Å². The summed E-state index contributed by atoms with van der Waals surface area (Å²) in [4.78, 5) is 47.8. The summed E-state index contributed by atoms with van der Waals surface area (Å²) in [5.74, 6) is 0.0972. The number of hydrogen-bond donors (Lipinski definition) is 2. The van der Waals surface area contributed by atoms with Crippen molar-refractivity contribution in [2.45, 2.75) is 45.2 Å².